The minimum absolute atomic E-state index is 0.341. The minimum Gasteiger partial charge on any atom is -0.465 e. The van der Waals surface area contributed by atoms with Crippen molar-refractivity contribution in [1.82, 2.24) is 4.98 Å². The molecule has 0 bridgehead atoms. The zero-order chi connectivity index (χ0) is 11.5. The van der Waals surface area contributed by atoms with E-state index in [4.69, 9.17) is 4.74 Å². The predicted octanol–water partition coefficient (Wildman–Crippen LogP) is 2.58. The number of carbonyl (C=O) groups excluding carboxylic acids is 1. The molecule has 0 amide bonds. The van der Waals surface area contributed by atoms with Gasteiger partial charge in [0.15, 0.2) is 0 Å². The van der Waals surface area contributed by atoms with Crippen LogP contribution in [0, 0.1) is 0 Å². The number of benzene rings is 1. The van der Waals surface area contributed by atoms with E-state index in [1.807, 2.05) is 18.2 Å². The number of pyridine rings is 1. The Bertz CT molecular complexity index is 534. The van der Waals surface area contributed by atoms with Crippen molar-refractivity contribution >= 4 is 16.9 Å². The van der Waals surface area contributed by atoms with Gasteiger partial charge in [0.05, 0.1) is 18.2 Å². The summed E-state index contributed by atoms with van der Waals surface area (Å²) in [5, 5.41) is 1.02. The molecule has 82 valence electrons. The SMILES string of the molecule is CCc1ccnc2c(C(=O)OC)cccc12. The Balaban J connectivity index is 2.73. The number of hydrogen-bond donors (Lipinski definition) is 0. The van der Waals surface area contributed by atoms with E-state index in [1.165, 1.54) is 12.7 Å². The van der Waals surface area contributed by atoms with Gasteiger partial charge >= 0.3 is 5.97 Å². The fraction of sp³-hybridized carbons (Fsp3) is 0.231. The number of rotatable bonds is 2. The van der Waals surface area contributed by atoms with E-state index in [0.717, 1.165) is 11.8 Å². The molecule has 0 aliphatic rings. The highest BCUT2D eigenvalue weighted by atomic mass is 16.5. The summed E-state index contributed by atoms with van der Waals surface area (Å²) in [5.41, 5.74) is 2.43. The third kappa shape index (κ3) is 1.65. The topological polar surface area (TPSA) is 39.2 Å². The Labute approximate surface area is 94.1 Å². The molecular formula is C13H13NO2. The first-order chi connectivity index (χ1) is 7.77. The van der Waals surface area contributed by atoms with Crippen LogP contribution in [0.2, 0.25) is 0 Å². The Morgan fingerprint density at radius 1 is 1.38 bits per heavy atom. The van der Waals surface area contributed by atoms with Crippen molar-refractivity contribution in [3.05, 3.63) is 41.6 Å². The van der Waals surface area contributed by atoms with E-state index >= 15 is 0 Å². The summed E-state index contributed by atoms with van der Waals surface area (Å²) in [4.78, 5) is 15.8. The van der Waals surface area contributed by atoms with Crippen molar-refractivity contribution in [2.75, 3.05) is 7.11 Å². The molecule has 1 aromatic heterocycles. The maximum Gasteiger partial charge on any atom is 0.340 e. The molecule has 0 saturated heterocycles. The van der Waals surface area contributed by atoms with Gasteiger partial charge in [0.2, 0.25) is 0 Å². The Morgan fingerprint density at radius 3 is 2.88 bits per heavy atom. The third-order valence-corrected chi connectivity index (χ3v) is 2.65. The lowest BCUT2D eigenvalue weighted by Gasteiger charge is -2.06. The molecule has 1 heterocycles. The van der Waals surface area contributed by atoms with E-state index in [0.29, 0.717) is 11.1 Å². The number of esters is 1. The third-order valence-electron chi connectivity index (χ3n) is 2.65. The number of carbonyl (C=O) groups is 1. The molecule has 3 nitrogen and oxygen atoms in total. The van der Waals surface area contributed by atoms with E-state index in [2.05, 4.69) is 11.9 Å². The second-order valence-corrected chi connectivity index (χ2v) is 3.52. The number of methoxy groups -OCH3 is 1. The van der Waals surface area contributed by atoms with Crippen LogP contribution in [0.5, 0.6) is 0 Å². The van der Waals surface area contributed by atoms with Crippen LogP contribution in [-0.4, -0.2) is 18.1 Å². The average molecular weight is 215 g/mol. The number of ether oxygens (including phenoxy) is 1. The van der Waals surface area contributed by atoms with Crippen molar-refractivity contribution < 1.29 is 9.53 Å². The monoisotopic (exact) mass is 215 g/mol. The lowest BCUT2D eigenvalue weighted by atomic mass is 10.0. The maximum absolute atomic E-state index is 11.6. The molecule has 3 heteroatoms. The molecule has 0 saturated carbocycles. The molecule has 0 N–H and O–H groups in total. The van der Waals surface area contributed by atoms with E-state index in [9.17, 15) is 4.79 Å². The Morgan fingerprint density at radius 2 is 2.19 bits per heavy atom. The average Bonchev–Trinajstić information content (AvgIpc) is 2.36. The summed E-state index contributed by atoms with van der Waals surface area (Å²) in [6.07, 6.45) is 2.65. The summed E-state index contributed by atoms with van der Waals surface area (Å²) in [6, 6.07) is 7.55. The zero-order valence-corrected chi connectivity index (χ0v) is 9.36. The molecule has 1 aromatic carbocycles. The van der Waals surface area contributed by atoms with Gasteiger partial charge in [-0.3, -0.25) is 4.98 Å². The van der Waals surface area contributed by atoms with Crippen LogP contribution < -0.4 is 0 Å². The molecule has 16 heavy (non-hydrogen) atoms. The molecule has 0 atom stereocenters. The lowest BCUT2D eigenvalue weighted by Crippen LogP contribution is -2.03. The summed E-state index contributed by atoms with van der Waals surface area (Å²) in [5.74, 6) is -0.341. The van der Waals surface area contributed by atoms with Gasteiger partial charge < -0.3 is 4.74 Å². The Kier molecular flexibility index (Phi) is 2.86. The van der Waals surface area contributed by atoms with Gasteiger partial charge in [0, 0.05) is 11.6 Å². The molecular weight excluding hydrogens is 202 g/mol. The molecule has 2 aromatic rings. The first-order valence-corrected chi connectivity index (χ1v) is 5.22. The van der Waals surface area contributed by atoms with Gasteiger partial charge in [-0.1, -0.05) is 19.1 Å². The van der Waals surface area contributed by atoms with Crippen LogP contribution >= 0.6 is 0 Å². The van der Waals surface area contributed by atoms with E-state index < -0.39 is 0 Å². The van der Waals surface area contributed by atoms with Gasteiger partial charge in [-0.15, -0.1) is 0 Å². The molecule has 0 spiro atoms. The smallest absolute Gasteiger partial charge is 0.340 e. The number of hydrogen-bond acceptors (Lipinski definition) is 3. The number of aryl methyl sites for hydroxylation is 1. The highest BCUT2D eigenvalue weighted by Crippen LogP contribution is 2.21. The molecule has 0 aliphatic carbocycles. The van der Waals surface area contributed by atoms with Gasteiger partial charge in [0.25, 0.3) is 0 Å². The first kappa shape index (κ1) is 10.6. The predicted molar refractivity (Wildman–Crippen MR) is 62.5 cm³/mol. The second-order valence-electron chi connectivity index (χ2n) is 3.52. The Hall–Kier alpha value is -1.90. The van der Waals surface area contributed by atoms with Gasteiger partial charge in [-0.05, 0) is 24.1 Å². The van der Waals surface area contributed by atoms with Crippen molar-refractivity contribution in [3.8, 4) is 0 Å². The van der Waals surface area contributed by atoms with Crippen molar-refractivity contribution in [2.24, 2.45) is 0 Å². The quantitative estimate of drug-likeness (QED) is 0.723. The minimum atomic E-state index is -0.341. The van der Waals surface area contributed by atoms with Crippen LogP contribution in [-0.2, 0) is 11.2 Å². The van der Waals surface area contributed by atoms with Crippen LogP contribution in [0.1, 0.15) is 22.8 Å². The molecule has 0 aliphatic heterocycles. The fourth-order valence-corrected chi connectivity index (χ4v) is 1.82. The van der Waals surface area contributed by atoms with Crippen molar-refractivity contribution in [1.29, 1.82) is 0 Å². The fourth-order valence-electron chi connectivity index (χ4n) is 1.82. The summed E-state index contributed by atoms with van der Waals surface area (Å²) < 4.78 is 4.74. The molecule has 0 radical (unpaired) electrons. The number of aromatic nitrogens is 1. The standard InChI is InChI=1S/C13H13NO2/c1-3-9-7-8-14-12-10(9)5-4-6-11(12)13(15)16-2/h4-8H,3H2,1-2H3. The van der Waals surface area contributed by atoms with Crippen LogP contribution in [0.25, 0.3) is 10.9 Å². The maximum atomic E-state index is 11.6. The number of fused-ring (bicyclic) bond motifs is 1. The lowest BCUT2D eigenvalue weighted by molar-refractivity contribution is 0.0603. The normalized spacial score (nSPS) is 10.4. The second kappa shape index (κ2) is 4.31. The van der Waals surface area contributed by atoms with Crippen LogP contribution in [0.4, 0.5) is 0 Å². The molecule has 0 fully saturated rings. The van der Waals surface area contributed by atoms with Crippen LogP contribution in [0.15, 0.2) is 30.5 Å². The van der Waals surface area contributed by atoms with Crippen LogP contribution in [0.3, 0.4) is 0 Å². The van der Waals surface area contributed by atoms with Gasteiger partial charge in [0.1, 0.15) is 0 Å². The van der Waals surface area contributed by atoms with E-state index in [1.54, 1.807) is 12.3 Å². The van der Waals surface area contributed by atoms with Gasteiger partial charge in [-0.25, -0.2) is 4.79 Å². The zero-order valence-electron chi connectivity index (χ0n) is 9.36. The summed E-state index contributed by atoms with van der Waals surface area (Å²) >= 11 is 0. The highest BCUT2D eigenvalue weighted by molar-refractivity contribution is 6.03. The highest BCUT2D eigenvalue weighted by Gasteiger charge is 2.11. The summed E-state index contributed by atoms with van der Waals surface area (Å²) in [6.45, 7) is 2.08. The van der Waals surface area contributed by atoms with E-state index in [-0.39, 0.29) is 5.97 Å². The van der Waals surface area contributed by atoms with Crippen molar-refractivity contribution in [3.63, 3.8) is 0 Å². The molecule has 2 rings (SSSR count). The first-order valence-electron chi connectivity index (χ1n) is 5.22. The number of nitrogens with zero attached hydrogens (tertiary/aromatic N) is 1. The van der Waals surface area contributed by atoms with Gasteiger partial charge in [-0.2, -0.15) is 0 Å². The van der Waals surface area contributed by atoms with Crippen molar-refractivity contribution in [2.45, 2.75) is 13.3 Å². The summed E-state index contributed by atoms with van der Waals surface area (Å²) in [7, 11) is 1.38. The molecule has 0 unspecified atom stereocenters. The number of para-hydroxylation sites is 1. The largest absolute Gasteiger partial charge is 0.465 e.